The first kappa shape index (κ1) is 9.03. The molecule has 0 amide bonds. The number of nitrogens with zero attached hydrogens (tertiary/aromatic N) is 2. The van der Waals surface area contributed by atoms with Crippen LogP contribution in [-0.2, 0) is 6.42 Å². The highest BCUT2D eigenvalue weighted by Gasteiger charge is 2.00. The van der Waals surface area contributed by atoms with Crippen molar-refractivity contribution in [3.8, 4) is 12.1 Å². The quantitative estimate of drug-likeness (QED) is 0.635. The molecule has 1 aromatic carbocycles. The van der Waals surface area contributed by atoms with Crippen molar-refractivity contribution >= 4 is 0 Å². The zero-order chi connectivity index (χ0) is 9.68. The van der Waals surface area contributed by atoms with E-state index in [9.17, 15) is 0 Å². The molecule has 0 unspecified atom stereocenters. The summed E-state index contributed by atoms with van der Waals surface area (Å²) in [7, 11) is 0. The van der Waals surface area contributed by atoms with Crippen molar-refractivity contribution < 1.29 is 0 Å². The smallest absolute Gasteiger partial charge is 0.0995 e. The Morgan fingerprint density at radius 2 is 2.08 bits per heavy atom. The second kappa shape index (κ2) is 4.09. The molecule has 13 heavy (non-hydrogen) atoms. The maximum absolute atomic E-state index is 8.77. The van der Waals surface area contributed by atoms with Gasteiger partial charge in [0.15, 0.2) is 0 Å². The molecule has 0 atom stereocenters. The van der Waals surface area contributed by atoms with Gasteiger partial charge in [0, 0.05) is 0 Å². The van der Waals surface area contributed by atoms with Crippen molar-refractivity contribution in [2.75, 3.05) is 0 Å². The molecule has 0 spiro atoms. The number of rotatable bonds is 2. The van der Waals surface area contributed by atoms with Gasteiger partial charge in [-0.2, -0.15) is 10.5 Å². The Morgan fingerprint density at radius 3 is 2.62 bits per heavy atom. The third-order valence-corrected chi connectivity index (χ3v) is 1.72. The van der Waals surface area contributed by atoms with Crippen molar-refractivity contribution in [1.82, 2.24) is 0 Å². The van der Waals surface area contributed by atoms with E-state index in [-0.39, 0.29) is 0 Å². The molecule has 2 heteroatoms. The molecule has 0 radical (unpaired) electrons. The van der Waals surface area contributed by atoms with Gasteiger partial charge in [-0.05, 0) is 24.1 Å². The minimum atomic E-state index is 0.518. The highest BCUT2D eigenvalue weighted by Crippen LogP contribution is 2.11. The van der Waals surface area contributed by atoms with Gasteiger partial charge in [0.1, 0.15) is 0 Å². The molecule has 0 bridgehead atoms. The van der Waals surface area contributed by atoms with E-state index in [1.54, 1.807) is 24.3 Å². The molecule has 0 N–H and O–H groups in total. The fraction of sp³-hybridized carbons (Fsp3) is 0.0909. The molecule has 0 saturated heterocycles. The van der Waals surface area contributed by atoms with Gasteiger partial charge < -0.3 is 0 Å². The van der Waals surface area contributed by atoms with Crippen LogP contribution in [0.4, 0.5) is 0 Å². The largest absolute Gasteiger partial charge is 0.192 e. The number of nitriles is 2. The van der Waals surface area contributed by atoms with E-state index in [1.807, 2.05) is 6.07 Å². The maximum Gasteiger partial charge on any atom is 0.0995 e. The lowest BCUT2D eigenvalue weighted by Gasteiger charge is -1.99. The SMILES string of the molecule is C=CCc1ccc(C#N)cc1C#N. The zero-order valence-corrected chi connectivity index (χ0v) is 7.12. The Morgan fingerprint density at radius 1 is 1.31 bits per heavy atom. The molecular weight excluding hydrogens is 160 g/mol. The zero-order valence-electron chi connectivity index (χ0n) is 7.12. The predicted molar refractivity (Wildman–Crippen MR) is 49.8 cm³/mol. The molecule has 0 aliphatic carbocycles. The van der Waals surface area contributed by atoms with Crippen LogP contribution in [0.3, 0.4) is 0 Å². The fourth-order valence-electron chi connectivity index (χ4n) is 1.08. The molecule has 0 saturated carbocycles. The average Bonchev–Trinajstić information content (AvgIpc) is 2.19. The molecule has 2 nitrogen and oxygen atoms in total. The van der Waals surface area contributed by atoms with Crippen molar-refractivity contribution in [2.45, 2.75) is 6.42 Å². The molecule has 0 aliphatic heterocycles. The average molecular weight is 168 g/mol. The summed E-state index contributed by atoms with van der Waals surface area (Å²) >= 11 is 0. The number of allylic oxidation sites excluding steroid dienone is 1. The Labute approximate surface area is 77.4 Å². The second-order valence-electron chi connectivity index (χ2n) is 2.59. The van der Waals surface area contributed by atoms with Crippen LogP contribution in [0.15, 0.2) is 30.9 Å². The highest BCUT2D eigenvalue weighted by molar-refractivity contribution is 5.45. The summed E-state index contributed by atoms with van der Waals surface area (Å²) in [5, 5.41) is 17.4. The predicted octanol–water partition coefficient (Wildman–Crippen LogP) is 2.16. The maximum atomic E-state index is 8.77. The summed E-state index contributed by atoms with van der Waals surface area (Å²) in [5.41, 5.74) is 1.99. The van der Waals surface area contributed by atoms with Crippen LogP contribution in [0.25, 0.3) is 0 Å². The van der Waals surface area contributed by atoms with Gasteiger partial charge in [-0.1, -0.05) is 12.1 Å². The summed E-state index contributed by atoms with van der Waals surface area (Å²) in [4.78, 5) is 0. The van der Waals surface area contributed by atoms with E-state index in [2.05, 4.69) is 12.6 Å². The Hall–Kier alpha value is -2.06. The van der Waals surface area contributed by atoms with Crippen LogP contribution in [0.2, 0.25) is 0 Å². The van der Waals surface area contributed by atoms with Gasteiger partial charge in [0.25, 0.3) is 0 Å². The number of hydrogen-bond acceptors (Lipinski definition) is 2. The number of hydrogen-bond donors (Lipinski definition) is 0. The highest BCUT2D eigenvalue weighted by atomic mass is 14.3. The van der Waals surface area contributed by atoms with E-state index in [0.717, 1.165) is 5.56 Å². The van der Waals surface area contributed by atoms with Crippen molar-refractivity contribution in [3.05, 3.63) is 47.5 Å². The molecular formula is C11H8N2. The van der Waals surface area contributed by atoms with E-state index in [0.29, 0.717) is 17.5 Å². The van der Waals surface area contributed by atoms with Crippen molar-refractivity contribution in [2.24, 2.45) is 0 Å². The summed E-state index contributed by atoms with van der Waals surface area (Å²) in [6.07, 6.45) is 2.40. The first-order valence-electron chi connectivity index (χ1n) is 3.86. The third kappa shape index (κ3) is 1.95. The number of benzene rings is 1. The molecule has 62 valence electrons. The van der Waals surface area contributed by atoms with Crippen LogP contribution < -0.4 is 0 Å². The third-order valence-electron chi connectivity index (χ3n) is 1.72. The second-order valence-corrected chi connectivity index (χ2v) is 2.59. The van der Waals surface area contributed by atoms with E-state index in [4.69, 9.17) is 10.5 Å². The molecule has 1 aromatic rings. The standard InChI is InChI=1S/C11H8N2/c1-2-3-10-5-4-9(7-12)6-11(10)8-13/h2,4-6H,1,3H2. The van der Waals surface area contributed by atoms with Crippen LogP contribution in [0, 0.1) is 22.7 Å². The van der Waals surface area contributed by atoms with E-state index < -0.39 is 0 Å². The van der Waals surface area contributed by atoms with Crippen molar-refractivity contribution in [1.29, 1.82) is 10.5 Å². The summed E-state index contributed by atoms with van der Waals surface area (Å²) < 4.78 is 0. The van der Waals surface area contributed by atoms with E-state index >= 15 is 0 Å². The Kier molecular flexibility index (Phi) is 2.84. The van der Waals surface area contributed by atoms with Gasteiger partial charge in [0.05, 0.1) is 23.3 Å². The van der Waals surface area contributed by atoms with Crippen molar-refractivity contribution in [3.63, 3.8) is 0 Å². The summed E-state index contributed by atoms with van der Waals surface area (Å²) in [6.45, 7) is 3.60. The summed E-state index contributed by atoms with van der Waals surface area (Å²) in [5.74, 6) is 0. The lowest BCUT2D eigenvalue weighted by Crippen LogP contribution is -1.88. The van der Waals surface area contributed by atoms with Crippen LogP contribution in [0.5, 0.6) is 0 Å². The van der Waals surface area contributed by atoms with E-state index in [1.165, 1.54) is 0 Å². The summed E-state index contributed by atoms with van der Waals surface area (Å²) in [6, 6.07) is 9.14. The lowest BCUT2D eigenvalue weighted by atomic mass is 10.0. The van der Waals surface area contributed by atoms with Gasteiger partial charge in [-0.15, -0.1) is 6.58 Å². The molecule has 1 rings (SSSR count). The minimum Gasteiger partial charge on any atom is -0.192 e. The molecule has 0 fully saturated rings. The lowest BCUT2D eigenvalue weighted by molar-refractivity contribution is 1.24. The normalized spacial score (nSPS) is 8.46. The van der Waals surface area contributed by atoms with Gasteiger partial charge in [0.2, 0.25) is 0 Å². The monoisotopic (exact) mass is 168 g/mol. The van der Waals surface area contributed by atoms with Crippen LogP contribution in [0.1, 0.15) is 16.7 Å². The molecule has 0 aromatic heterocycles. The van der Waals surface area contributed by atoms with Gasteiger partial charge in [-0.3, -0.25) is 0 Å². The minimum absolute atomic E-state index is 0.518. The van der Waals surface area contributed by atoms with Crippen LogP contribution in [-0.4, -0.2) is 0 Å². The fourth-order valence-corrected chi connectivity index (χ4v) is 1.08. The first-order chi connectivity index (χ1) is 6.31. The molecule has 0 aliphatic rings. The Bertz CT molecular complexity index is 405. The molecule has 0 heterocycles. The first-order valence-corrected chi connectivity index (χ1v) is 3.86. The van der Waals surface area contributed by atoms with Crippen LogP contribution >= 0.6 is 0 Å². The van der Waals surface area contributed by atoms with Gasteiger partial charge >= 0.3 is 0 Å². The Balaban J connectivity index is 3.19. The topological polar surface area (TPSA) is 47.6 Å². The van der Waals surface area contributed by atoms with Gasteiger partial charge in [-0.25, -0.2) is 0 Å².